The Kier molecular flexibility index (Phi) is 3.23. The Morgan fingerprint density at radius 1 is 1.20 bits per heavy atom. The quantitative estimate of drug-likeness (QED) is 0.728. The van der Waals surface area contributed by atoms with E-state index in [1.807, 2.05) is 19.1 Å². The van der Waals surface area contributed by atoms with Crippen LogP contribution in [0, 0.1) is 6.92 Å². The third-order valence-electron chi connectivity index (χ3n) is 2.93. The highest BCUT2D eigenvalue weighted by Gasteiger charge is 2.14. The summed E-state index contributed by atoms with van der Waals surface area (Å²) in [6, 6.07) is 7.35. The topological polar surface area (TPSA) is 77.8 Å². The van der Waals surface area contributed by atoms with Crippen molar-refractivity contribution in [3.05, 3.63) is 46.7 Å². The molecule has 0 bridgehead atoms. The average molecular weight is 331 g/mol. The molecule has 3 aromatic rings. The molecule has 0 saturated carbocycles. The first-order chi connectivity index (χ1) is 9.65. The van der Waals surface area contributed by atoms with Gasteiger partial charge in [0, 0.05) is 28.1 Å². The summed E-state index contributed by atoms with van der Waals surface area (Å²) in [4.78, 5) is 8.49. The molecule has 0 unspecified atom stereocenters. The van der Waals surface area contributed by atoms with Crippen LogP contribution in [0.4, 0.5) is 5.69 Å². The van der Waals surface area contributed by atoms with E-state index in [9.17, 15) is 0 Å². The number of pyridine rings is 1. The Bertz CT molecular complexity index is 769. The molecule has 3 rings (SSSR count). The van der Waals surface area contributed by atoms with Crippen molar-refractivity contribution in [3.8, 4) is 22.8 Å². The summed E-state index contributed by atoms with van der Waals surface area (Å²) in [5.41, 5.74) is 9.08. The fourth-order valence-corrected chi connectivity index (χ4v) is 2.26. The molecule has 0 aliphatic heterocycles. The molecule has 20 heavy (non-hydrogen) atoms. The molecule has 0 saturated heterocycles. The minimum Gasteiger partial charge on any atom is -0.399 e. The van der Waals surface area contributed by atoms with Crippen LogP contribution in [0.1, 0.15) is 5.56 Å². The fourth-order valence-electron chi connectivity index (χ4n) is 1.85. The predicted molar refractivity (Wildman–Crippen MR) is 79.8 cm³/mol. The summed E-state index contributed by atoms with van der Waals surface area (Å²) in [6.07, 6.45) is 3.45. The van der Waals surface area contributed by atoms with Crippen LogP contribution >= 0.6 is 15.9 Å². The van der Waals surface area contributed by atoms with Gasteiger partial charge in [-0.05, 0) is 52.7 Å². The van der Waals surface area contributed by atoms with Crippen molar-refractivity contribution < 1.29 is 4.52 Å². The molecule has 2 heterocycles. The van der Waals surface area contributed by atoms with E-state index in [4.69, 9.17) is 10.3 Å². The Morgan fingerprint density at radius 2 is 2.05 bits per heavy atom. The van der Waals surface area contributed by atoms with Crippen LogP contribution in [-0.4, -0.2) is 15.1 Å². The summed E-state index contributed by atoms with van der Waals surface area (Å²) < 4.78 is 6.17. The van der Waals surface area contributed by atoms with Gasteiger partial charge in [0.05, 0.1) is 5.56 Å². The first kappa shape index (κ1) is 12.8. The van der Waals surface area contributed by atoms with E-state index in [-0.39, 0.29) is 0 Å². The number of aromatic nitrogens is 3. The van der Waals surface area contributed by atoms with Gasteiger partial charge in [0.1, 0.15) is 0 Å². The number of nitrogen functional groups attached to an aromatic ring is 1. The van der Waals surface area contributed by atoms with Crippen molar-refractivity contribution in [1.29, 1.82) is 0 Å². The van der Waals surface area contributed by atoms with Gasteiger partial charge in [-0.15, -0.1) is 0 Å². The predicted octanol–water partition coefficient (Wildman–Crippen LogP) is 3.45. The Labute approximate surface area is 124 Å². The van der Waals surface area contributed by atoms with E-state index in [1.54, 1.807) is 24.5 Å². The highest BCUT2D eigenvalue weighted by molar-refractivity contribution is 9.10. The standard InChI is InChI=1S/C14H11BrN4O/c1-8-4-5-17-7-11(8)13-18-14(20-19-13)10-6-9(16)2-3-12(10)15/h2-7H,16H2,1H3. The van der Waals surface area contributed by atoms with Crippen LogP contribution in [0.15, 0.2) is 45.7 Å². The minimum absolute atomic E-state index is 0.419. The summed E-state index contributed by atoms with van der Waals surface area (Å²) in [5.74, 6) is 0.933. The van der Waals surface area contributed by atoms with Crippen LogP contribution in [0.25, 0.3) is 22.8 Å². The number of hydrogen-bond acceptors (Lipinski definition) is 5. The second-order valence-electron chi connectivity index (χ2n) is 4.35. The van der Waals surface area contributed by atoms with Gasteiger partial charge in [0.25, 0.3) is 5.89 Å². The maximum absolute atomic E-state index is 5.79. The number of nitrogens with two attached hydrogens (primary N) is 1. The molecule has 0 aliphatic rings. The van der Waals surface area contributed by atoms with E-state index >= 15 is 0 Å². The second kappa shape index (κ2) is 5.05. The van der Waals surface area contributed by atoms with E-state index in [1.165, 1.54) is 0 Å². The molecule has 0 radical (unpaired) electrons. The molecular weight excluding hydrogens is 320 g/mol. The number of rotatable bonds is 2. The van der Waals surface area contributed by atoms with Crippen LogP contribution in [0.5, 0.6) is 0 Å². The van der Waals surface area contributed by atoms with Crippen molar-refractivity contribution in [2.75, 3.05) is 5.73 Å². The third-order valence-corrected chi connectivity index (χ3v) is 3.62. The summed E-state index contributed by atoms with van der Waals surface area (Å²) >= 11 is 3.45. The number of halogens is 1. The SMILES string of the molecule is Cc1ccncc1-c1noc(-c2cc(N)ccc2Br)n1. The Morgan fingerprint density at radius 3 is 2.85 bits per heavy atom. The van der Waals surface area contributed by atoms with Gasteiger partial charge in [-0.25, -0.2) is 0 Å². The molecule has 0 spiro atoms. The zero-order chi connectivity index (χ0) is 14.1. The monoisotopic (exact) mass is 330 g/mol. The molecule has 0 atom stereocenters. The van der Waals surface area contributed by atoms with Crippen LogP contribution in [-0.2, 0) is 0 Å². The molecule has 100 valence electrons. The van der Waals surface area contributed by atoms with Crippen LogP contribution < -0.4 is 5.73 Å². The lowest BCUT2D eigenvalue weighted by Crippen LogP contribution is -1.88. The maximum atomic E-state index is 5.79. The molecule has 5 nitrogen and oxygen atoms in total. The van der Waals surface area contributed by atoms with Crippen molar-refractivity contribution in [1.82, 2.24) is 15.1 Å². The highest BCUT2D eigenvalue weighted by atomic mass is 79.9. The van der Waals surface area contributed by atoms with Gasteiger partial charge in [0.15, 0.2) is 0 Å². The lowest BCUT2D eigenvalue weighted by molar-refractivity contribution is 0.432. The lowest BCUT2D eigenvalue weighted by Gasteiger charge is -2.00. The molecule has 0 amide bonds. The van der Waals surface area contributed by atoms with Crippen molar-refractivity contribution in [3.63, 3.8) is 0 Å². The van der Waals surface area contributed by atoms with E-state index in [0.29, 0.717) is 17.4 Å². The van der Waals surface area contributed by atoms with Gasteiger partial charge in [0.2, 0.25) is 5.82 Å². The largest absolute Gasteiger partial charge is 0.399 e. The van der Waals surface area contributed by atoms with Crippen molar-refractivity contribution >= 4 is 21.6 Å². The van der Waals surface area contributed by atoms with E-state index in [2.05, 4.69) is 31.1 Å². The maximum Gasteiger partial charge on any atom is 0.259 e. The van der Waals surface area contributed by atoms with Gasteiger partial charge < -0.3 is 10.3 Å². The number of aryl methyl sites for hydroxylation is 1. The van der Waals surface area contributed by atoms with E-state index in [0.717, 1.165) is 21.2 Å². The summed E-state index contributed by atoms with van der Waals surface area (Å²) in [6.45, 7) is 1.98. The Balaban J connectivity index is 2.07. The molecule has 0 fully saturated rings. The molecule has 6 heteroatoms. The highest BCUT2D eigenvalue weighted by Crippen LogP contribution is 2.30. The molecule has 2 N–H and O–H groups in total. The first-order valence-corrected chi connectivity index (χ1v) is 6.74. The average Bonchev–Trinajstić information content (AvgIpc) is 2.91. The molecule has 0 aliphatic carbocycles. The Hall–Kier alpha value is -2.21. The lowest BCUT2D eigenvalue weighted by atomic mass is 10.1. The minimum atomic E-state index is 0.419. The van der Waals surface area contributed by atoms with Crippen molar-refractivity contribution in [2.24, 2.45) is 0 Å². The zero-order valence-corrected chi connectivity index (χ0v) is 12.3. The van der Waals surface area contributed by atoms with E-state index < -0.39 is 0 Å². The molecule has 1 aromatic carbocycles. The smallest absolute Gasteiger partial charge is 0.259 e. The fraction of sp³-hybridized carbons (Fsp3) is 0.0714. The van der Waals surface area contributed by atoms with Crippen LogP contribution in [0.2, 0.25) is 0 Å². The number of anilines is 1. The molecular formula is C14H11BrN4O. The van der Waals surface area contributed by atoms with Gasteiger partial charge in [-0.3, -0.25) is 4.98 Å². The number of benzene rings is 1. The van der Waals surface area contributed by atoms with Crippen molar-refractivity contribution in [2.45, 2.75) is 6.92 Å². The van der Waals surface area contributed by atoms with Gasteiger partial charge in [-0.2, -0.15) is 4.98 Å². The molecule has 2 aromatic heterocycles. The van der Waals surface area contributed by atoms with Crippen LogP contribution in [0.3, 0.4) is 0 Å². The first-order valence-electron chi connectivity index (χ1n) is 5.95. The second-order valence-corrected chi connectivity index (χ2v) is 5.21. The number of nitrogens with zero attached hydrogens (tertiary/aromatic N) is 3. The van der Waals surface area contributed by atoms with Gasteiger partial charge >= 0.3 is 0 Å². The summed E-state index contributed by atoms with van der Waals surface area (Å²) in [5, 5.41) is 4.01. The zero-order valence-electron chi connectivity index (χ0n) is 10.7. The third kappa shape index (κ3) is 2.30. The normalized spacial score (nSPS) is 10.7. The van der Waals surface area contributed by atoms with Gasteiger partial charge in [-0.1, -0.05) is 5.16 Å². The summed E-state index contributed by atoms with van der Waals surface area (Å²) in [7, 11) is 0. The number of hydrogen-bond donors (Lipinski definition) is 1.